The Balaban J connectivity index is 1.59. The van der Waals surface area contributed by atoms with Crippen LogP contribution in [-0.4, -0.2) is 0 Å². The largest absolute Gasteiger partial charge is 0.456 e. The van der Waals surface area contributed by atoms with Crippen LogP contribution in [0.4, 0.5) is 10.1 Å². The second-order valence-corrected chi connectivity index (χ2v) is 11.4. The van der Waals surface area contributed by atoms with Crippen LogP contribution >= 0.6 is 0 Å². The van der Waals surface area contributed by atoms with E-state index in [1.165, 1.54) is 0 Å². The number of furan rings is 1. The molecule has 0 aliphatic heterocycles. The minimum atomic E-state index is -0.323. The number of benzene rings is 4. The molecule has 0 radical (unpaired) electrons. The summed E-state index contributed by atoms with van der Waals surface area (Å²) in [5.74, 6) is -0.242. The Kier molecular flexibility index (Phi) is 6.04. The fraction of sp³-hybridized carbons (Fsp3) is 0.167. The van der Waals surface area contributed by atoms with Gasteiger partial charge in [0.25, 0.3) is 0 Å². The third-order valence-electron chi connectivity index (χ3n) is 7.69. The summed E-state index contributed by atoms with van der Waals surface area (Å²) in [7, 11) is 1.94. The van der Waals surface area contributed by atoms with Crippen LogP contribution in [0, 0.1) is 19.3 Å². The van der Waals surface area contributed by atoms with Crippen molar-refractivity contribution in [3.05, 3.63) is 119 Å². The van der Waals surface area contributed by atoms with Crippen molar-refractivity contribution in [3.63, 3.8) is 0 Å². The van der Waals surface area contributed by atoms with Gasteiger partial charge in [-0.25, -0.2) is 13.8 Å². The van der Waals surface area contributed by atoms with Gasteiger partial charge in [-0.2, -0.15) is 0 Å². The minimum absolute atomic E-state index is 0.242. The van der Waals surface area contributed by atoms with Crippen LogP contribution in [0.3, 0.4) is 0 Å². The lowest BCUT2D eigenvalue weighted by atomic mass is 9.87. The van der Waals surface area contributed by atoms with E-state index in [2.05, 4.69) is 41.2 Å². The number of aromatic nitrogens is 1. The number of hydrogen-bond acceptors (Lipinski definition) is 1. The molecule has 0 spiro atoms. The van der Waals surface area contributed by atoms with Crippen LogP contribution in [-0.2, 0) is 12.5 Å². The molecule has 0 aliphatic rings. The van der Waals surface area contributed by atoms with Crippen molar-refractivity contribution in [2.75, 3.05) is 0 Å². The molecule has 0 fully saturated rings. The van der Waals surface area contributed by atoms with Gasteiger partial charge in [0.05, 0.1) is 17.7 Å². The lowest BCUT2D eigenvalue weighted by molar-refractivity contribution is -0.661. The van der Waals surface area contributed by atoms with E-state index in [1.54, 1.807) is 6.07 Å². The van der Waals surface area contributed by atoms with Crippen molar-refractivity contribution in [1.82, 2.24) is 0 Å². The van der Waals surface area contributed by atoms with Gasteiger partial charge in [0, 0.05) is 22.4 Å². The van der Waals surface area contributed by atoms with Crippen molar-refractivity contribution >= 4 is 27.6 Å². The summed E-state index contributed by atoms with van der Waals surface area (Å²) >= 11 is 0. The van der Waals surface area contributed by atoms with E-state index in [0.29, 0.717) is 22.4 Å². The van der Waals surface area contributed by atoms with E-state index in [1.807, 2.05) is 88.0 Å². The molecule has 0 saturated carbocycles. The molecule has 2 aromatic heterocycles. The van der Waals surface area contributed by atoms with E-state index in [9.17, 15) is 0 Å². The Morgan fingerprint density at radius 2 is 1.50 bits per heavy atom. The molecule has 4 heteroatoms. The van der Waals surface area contributed by atoms with Crippen molar-refractivity contribution in [2.24, 2.45) is 7.05 Å². The summed E-state index contributed by atoms with van der Waals surface area (Å²) in [4.78, 5) is 3.83. The van der Waals surface area contributed by atoms with E-state index in [0.717, 1.165) is 49.8 Å². The molecule has 0 unspecified atom stereocenters. The van der Waals surface area contributed by atoms with Crippen LogP contribution in [0.2, 0.25) is 0 Å². The number of fused-ring (bicyclic) bond motifs is 3. The molecule has 0 N–H and O–H groups in total. The lowest BCUT2D eigenvalue weighted by Gasteiger charge is -2.18. The average Bonchev–Trinajstić information content (AvgIpc) is 3.33. The zero-order valence-electron chi connectivity index (χ0n) is 23.3. The molecule has 196 valence electrons. The van der Waals surface area contributed by atoms with Crippen LogP contribution in [0.1, 0.15) is 31.9 Å². The fourth-order valence-corrected chi connectivity index (χ4v) is 5.56. The maximum atomic E-state index is 15.4. The van der Waals surface area contributed by atoms with E-state index in [-0.39, 0.29) is 11.2 Å². The van der Waals surface area contributed by atoms with Crippen LogP contribution in [0.15, 0.2) is 95.5 Å². The van der Waals surface area contributed by atoms with Crippen LogP contribution < -0.4 is 4.57 Å². The van der Waals surface area contributed by atoms with Crippen molar-refractivity contribution in [1.29, 1.82) is 0 Å². The Hall–Kier alpha value is -4.75. The molecule has 40 heavy (non-hydrogen) atoms. The number of nitrogens with zero attached hydrogens (tertiary/aromatic N) is 2. The van der Waals surface area contributed by atoms with Gasteiger partial charge in [-0.1, -0.05) is 99.6 Å². The second-order valence-electron chi connectivity index (χ2n) is 11.4. The number of rotatable bonds is 3. The van der Waals surface area contributed by atoms with Gasteiger partial charge in [-0.05, 0) is 34.6 Å². The summed E-state index contributed by atoms with van der Waals surface area (Å²) in [5, 5.41) is 1.63. The SMILES string of the molecule is [C-]#[N+]c1ccc(-c2ccc(-c3ccccc3)cc2)c2oc3c(-c4cc(F)c(C(C)(C)C)c[n+]4C)c(C)ccc3c12. The Labute approximate surface area is 234 Å². The molecule has 3 nitrogen and oxygen atoms in total. The highest BCUT2D eigenvalue weighted by Gasteiger charge is 2.28. The molecule has 4 aromatic carbocycles. The van der Waals surface area contributed by atoms with Crippen LogP contribution in [0.25, 0.3) is 60.3 Å². The normalized spacial score (nSPS) is 11.7. The zero-order chi connectivity index (χ0) is 28.2. The average molecular weight is 526 g/mol. The van der Waals surface area contributed by atoms with E-state index in [4.69, 9.17) is 11.0 Å². The highest BCUT2D eigenvalue weighted by atomic mass is 19.1. The molecule has 2 heterocycles. The van der Waals surface area contributed by atoms with Gasteiger partial charge in [0.2, 0.25) is 5.69 Å². The van der Waals surface area contributed by atoms with Gasteiger partial charge < -0.3 is 4.42 Å². The zero-order valence-corrected chi connectivity index (χ0v) is 23.3. The summed E-state index contributed by atoms with van der Waals surface area (Å²) in [5.41, 5.74) is 8.94. The number of aryl methyl sites for hydroxylation is 2. The smallest absolute Gasteiger partial charge is 0.219 e. The molecule has 6 aromatic rings. The summed E-state index contributed by atoms with van der Waals surface area (Å²) < 4.78 is 24.1. The quantitative estimate of drug-likeness (QED) is 0.166. The van der Waals surface area contributed by atoms with E-state index < -0.39 is 0 Å². The van der Waals surface area contributed by atoms with Crippen molar-refractivity contribution < 1.29 is 13.4 Å². The molecular formula is C36H30FN2O+. The topological polar surface area (TPSA) is 21.4 Å². The third kappa shape index (κ3) is 4.15. The number of pyridine rings is 1. The highest BCUT2D eigenvalue weighted by Crippen LogP contribution is 2.45. The predicted molar refractivity (Wildman–Crippen MR) is 161 cm³/mol. The van der Waals surface area contributed by atoms with Crippen molar-refractivity contribution in [3.8, 4) is 33.5 Å². The first-order valence-corrected chi connectivity index (χ1v) is 13.4. The molecule has 0 saturated heterocycles. The molecule has 0 amide bonds. The summed E-state index contributed by atoms with van der Waals surface area (Å²) in [6.07, 6.45) is 1.87. The third-order valence-corrected chi connectivity index (χ3v) is 7.69. The van der Waals surface area contributed by atoms with Gasteiger partial charge in [0.15, 0.2) is 11.9 Å². The van der Waals surface area contributed by atoms with E-state index >= 15 is 4.39 Å². The maximum Gasteiger partial charge on any atom is 0.219 e. The standard InChI is InChI=1S/C36H30FN2O/c1-22-12-17-27-33-30(38-5)19-18-26(25-15-13-24(14-16-25)23-10-8-7-9-11-23)34(33)40-35(27)32(22)31-20-29(37)28(21-39(31)6)36(2,3)4/h7-21H,1-4,6H3/q+1. The van der Waals surface area contributed by atoms with Crippen molar-refractivity contribution in [2.45, 2.75) is 33.1 Å². The fourth-order valence-electron chi connectivity index (χ4n) is 5.56. The molecule has 6 rings (SSSR count). The monoisotopic (exact) mass is 525 g/mol. The predicted octanol–water partition coefficient (Wildman–Crippen LogP) is 9.71. The molecular weight excluding hydrogens is 495 g/mol. The number of halogens is 1. The van der Waals surface area contributed by atoms with Gasteiger partial charge >= 0.3 is 0 Å². The van der Waals surface area contributed by atoms with Gasteiger partial charge in [-0.15, -0.1) is 0 Å². The molecule has 0 aliphatic carbocycles. The first-order chi connectivity index (χ1) is 19.2. The maximum absolute atomic E-state index is 15.4. The Bertz CT molecular complexity index is 1950. The Morgan fingerprint density at radius 3 is 2.17 bits per heavy atom. The molecule has 0 bridgehead atoms. The summed E-state index contributed by atoms with van der Waals surface area (Å²) in [6.45, 7) is 15.9. The highest BCUT2D eigenvalue weighted by molar-refractivity contribution is 6.18. The first kappa shape index (κ1) is 25.5. The first-order valence-electron chi connectivity index (χ1n) is 13.4. The Morgan fingerprint density at radius 1 is 0.825 bits per heavy atom. The number of hydrogen-bond donors (Lipinski definition) is 0. The second kappa shape index (κ2) is 9.47. The van der Waals surface area contributed by atoms with Gasteiger partial charge in [-0.3, -0.25) is 0 Å². The molecule has 0 atom stereocenters. The van der Waals surface area contributed by atoms with Gasteiger partial charge in [0.1, 0.15) is 24.0 Å². The lowest BCUT2D eigenvalue weighted by Crippen LogP contribution is -2.34. The minimum Gasteiger partial charge on any atom is -0.456 e. The summed E-state index contributed by atoms with van der Waals surface area (Å²) in [6, 6.07) is 28.1. The van der Waals surface area contributed by atoms with Crippen LogP contribution in [0.5, 0.6) is 0 Å².